The van der Waals surface area contributed by atoms with Crippen molar-refractivity contribution in [1.29, 1.82) is 0 Å². The highest BCUT2D eigenvalue weighted by molar-refractivity contribution is 5.53. The molecule has 0 saturated heterocycles. The fraction of sp³-hybridized carbons (Fsp3) is 0.647. The standard InChI is InChI=1S/C17H28N2O/c1-13(16-6-4-5-7-17(16)19(2)3)18-15-10-8-14(12-20)9-11-15/h4-7,13-15,18,20H,8-12H2,1-3H3. The lowest BCUT2D eigenvalue weighted by Crippen LogP contribution is -2.36. The van der Waals surface area contributed by atoms with Crippen LogP contribution < -0.4 is 10.2 Å². The van der Waals surface area contributed by atoms with E-state index in [1.54, 1.807) is 0 Å². The van der Waals surface area contributed by atoms with Gasteiger partial charge in [-0.3, -0.25) is 0 Å². The van der Waals surface area contributed by atoms with Crippen molar-refractivity contribution in [1.82, 2.24) is 5.32 Å². The normalized spacial score (nSPS) is 24.4. The van der Waals surface area contributed by atoms with Gasteiger partial charge >= 0.3 is 0 Å². The molecule has 1 fully saturated rings. The number of aliphatic hydroxyl groups excluding tert-OH is 1. The summed E-state index contributed by atoms with van der Waals surface area (Å²) < 4.78 is 0. The molecule has 0 amide bonds. The first kappa shape index (κ1) is 15.3. The second kappa shape index (κ2) is 7.09. The lowest BCUT2D eigenvalue weighted by molar-refractivity contribution is 0.172. The molecule has 0 heterocycles. The fourth-order valence-electron chi connectivity index (χ4n) is 3.22. The van der Waals surface area contributed by atoms with Gasteiger partial charge in [0.15, 0.2) is 0 Å². The zero-order valence-corrected chi connectivity index (χ0v) is 13.0. The summed E-state index contributed by atoms with van der Waals surface area (Å²) in [6, 6.07) is 9.55. The Labute approximate surface area is 123 Å². The predicted octanol–water partition coefficient (Wildman–Crippen LogP) is 2.95. The zero-order chi connectivity index (χ0) is 14.5. The maximum Gasteiger partial charge on any atom is 0.0459 e. The molecule has 3 heteroatoms. The highest BCUT2D eigenvalue weighted by Gasteiger charge is 2.22. The van der Waals surface area contributed by atoms with Crippen LogP contribution in [-0.4, -0.2) is 31.9 Å². The summed E-state index contributed by atoms with van der Waals surface area (Å²) in [7, 11) is 4.19. The van der Waals surface area contributed by atoms with Crippen LogP contribution in [0, 0.1) is 5.92 Å². The van der Waals surface area contributed by atoms with E-state index in [0.29, 0.717) is 24.6 Å². The summed E-state index contributed by atoms with van der Waals surface area (Å²) in [5.74, 6) is 0.525. The molecule has 1 saturated carbocycles. The molecule has 1 atom stereocenters. The molecule has 2 rings (SSSR count). The summed E-state index contributed by atoms with van der Waals surface area (Å²) in [6.07, 6.45) is 4.66. The van der Waals surface area contributed by atoms with E-state index in [1.807, 2.05) is 0 Å². The molecular formula is C17H28N2O. The molecule has 0 aliphatic heterocycles. The Morgan fingerprint density at radius 2 is 1.85 bits per heavy atom. The Hall–Kier alpha value is -1.06. The quantitative estimate of drug-likeness (QED) is 0.868. The third kappa shape index (κ3) is 3.74. The number of nitrogens with zero attached hydrogens (tertiary/aromatic N) is 1. The van der Waals surface area contributed by atoms with Gasteiger partial charge in [-0.15, -0.1) is 0 Å². The number of hydrogen-bond donors (Lipinski definition) is 2. The first-order chi connectivity index (χ1) is 9.61. The average Bonchev–Trinajstić information content (AvgIpc) is 2.48. The smallest absolute Gasteiger partial charge is 0.0459 e. The van der Waals surface area contributed by atoms with Gasteiger partial charge in [0.2, 0.25) is 0 Å². The highest BCUT2D eigenvalue weighted by Crippen LogP contribution is 2.28. The average molecular weight is 276 g/mol. The Bertz CT molecular complexity index is 411. The molecule has 0 bridgehead atoms. The van der Waals surface area contributed by atoms with Crippen molar-refractivity contribution in [2.24, 2.45) is 5.92 Å². The molecule has 1 unspecified atom stereocenters. The largest absolute Gasteiger partial charge is 0.396 e. The van der Waals surface area contributed by atoms with E-state index < -0.39 is 0 Å². The van der Waals surface area contributed by atoms with Gasteiger partial charge in [0, 0.05) is 38.5 Å². The van der Waals surface area contributed by atoms with E-state index >= 15 is 0 Å². The summed E-state index contributed by atoms with van der Waals surface area (Å²) in [6.45, 7) is 2.60. The number of nitrogens with one attached hydrogen (secondary N) is 1. The van der Waals surface area contributed by atoms with Crippen LogP contribution in [0.2, 0.25) is 0 Å². The number of aliphatic hydroxyl groups is 1. The van der Waals surface area contributed by atoms with E-state index in [1.165, 1.54) is 24.1 Å². The lowest BCUT2D eigenvalue weighted by Gasteiger charge is -2.31. The van der Waals surface area contributed by atoms with Gasteiger partial charge in [0.25, 0.3) is 0 Å². The number of anilines is 1. The highest BCUT2D eigenvalue weighted by atomic mass is 16.3. The van der Waals surface area contributed by atoms with Crippen LogP contribution in [0.15, 0.2) is 24.3 Å². The van der Waals surface area contributed by atoms with Crippen LogP contribution in [0.3, 0.4) is 0 Å². The minimum absolute atomic E-state index is 0.353. The minimum atomic E-state index is 0.353. The lowest BCUT2D eigenvalue weighted by atomic mass is 9.86. The van der Waals surface area contributed by atoms with Gasteiger partial charge in [0.1, 0.15) is 0 Å². The molecule has 1 aromatic carbocycles. The van der Waals surface area contributed by atoms with Crippen LogP contribution >= 0.6 is 0 Å². The van der Waals surface area contributed by atoms with Gasteiger partial charge in [-0.1, -0.05) is 18.2 Å². The Balaban J connectivity index is 1.97. The van der Waals surface area contributed by atoms with Crippen LogP contribution in [-0.2, 0) is 0 Å². The molecule has 20 heavy (non-hydrogen) atoms. The summed E-state index contributed by atoms with van der Waals surface area (Å²) in [5.41, 5.74) is 2.65. The third-order valence-corrected chi connectivity index (χ3v) is 4.48. The third-order valence-electron chi connectivity index (χ3n) is 4.48. The summed E-state index contributed by atoms with van der Waals surface area (Å²) in [4.78, 5) is 2.18. The van der Waals surface area contributed by atoms with Crippen molar-refractivity contribution in [3.63, 3.8) is 0 Å². The van der Waals surface area contributed by atoms with Gasteiger partial charge < -0.3 is 15.3 Å². The SMILES string of the molecule is CC(NC1CCC(CO)CC1)c1ccccc1N(C)C. The Kier molecular flexibility index (Phi) is 5.44. The van der Waals surface area contributed by atoms with Crippen molar-refractivity contribution in [3.05, 3.63) is 29.8 Å². The van der Waals surface area contributed by atoms with Gasteiger partial charge in [-0.25, -0.2) is 0 Å². The van der Waals surface area contributed by atoms with E-state index in [0.717, 1.165) is 12.8 Å². The first-order valence-electron chi connectivity index (χ1n) is 7.75. The number of rotatable bonds is 5. The van der Waals surface area contributed by atoms with E-state index in [4.69, 9.17) is 0 Å². The minimum Gasteiger partial charge on any atom is -0.396 e. The fourth-order valence-corrected chi connectivity index (χ4v) is 3.22. The Morgan fingerprint density at radius 1 is 1.20 bits per heavy atom. The second-order valence-electron chi connectivity index (χ2n) is 6.24. The molecular weight excluding hydrogens is 248 g/mol. The van der Waals surface area contributed by atoms with Gasteiger partial charge in [0.05, 0.1) is 0 Å². The van der Waals surface area contributed by atoms with Crippen LogP contribution in [0.25, 0.3) is 0 Å². The molecule has 1 aromatic rings. The molecule has 3 nitrogen and oxygen atoms in total. The Morgan fingerprint density at radius 3 is 2.45 bits per heavy atom. The van der Waals surface area contributed by atoms with E-state index in [2.05, 4.69) is 55.5 Å². The summed E-state index contributed by atoms with van der Waals surface area (Å²) >= 11 is 0. The number of benzene rings is 1. The van der Waals surface area contributed by atoms with Crippen molar-refractivity contribution in [3.8, 4) is 0 Å². The van der Waals surface area contributed by atoms with Gasteiger partial charge in [-0.05, 0) is 50.2 Å². The topological polar surface area (TPSA) is 35.5 Å². The van der Waals surface area contributed by atoms with Crippen LogP contribution in [0.5, 0.6) is 0 Å². The molecule has 2 N–H and O–H groups in total. The second-order valence-corrected chi connectivity index (χ2v) is 6.24. The van der Waals surface area contributed by atoms with Crippen molar-refractivity contribution in [2.75, 3.05) is 25.6 Å². The van der Waals surface area contributed by atoms with Crippen LogP contribution in [0.4, 0.5) is 5.69 Å². The van der Waals surface area contributed by atoms with Crippen LogP contribution in [0.1, 0.15) is 44.2 Å². The molecule has 0 aromatic heterocycles. The molecule has 1 aliphatic carbocycles. The first-order valence-corrected chi connectivity index (χ1v) is 7.75. The van der Waals surface area contributed by atoms with Gasteiger partial charge in [-0.2, -0.15) is 0 Å². The molecule has 1 aliphatic rings. The maximum atomic E-state index is 9.21. The van der Waals surface area contributed by atoms with E-state index in [9.17, 15) is 5.11 Å². The van der Waals surface area contributed by atoms with E-state index in [-0.39, 0.29) is 0 Å². The monoisotopic (exact) mass is 276 g/mol. The molecule has 0 radical (unpaired) electrons. The number of hydrogen-bond acceptors (Lipinski definition) is 3. The van der Waals surface area contributed by atoms with Crippen molar-refractivity contribution >= 4 is 5.69 Å². The maximum absolute atomic E-state index is 9.21. The molecule has 0 spiro atoms. The zero-order valence-electron chi connectivity index (χ0n) is 13.0. The number of para-hydroxylation sites is 1. The predicted molar refractivity (Wildman–Crippen MR) is 85.2 cm³/mol. The van der Waals surface area contributed by atoms with Crippen molar-refractivity contribution < 1.29 is 5.11 Å². The summed E-state index contributed by atoms with van der Waals surface area (Å²) in [5, 5.41) is 13.0. The van der Waals surface area contributed by atoms with Crippen molar-refractivity contribution in [2.45, 2.75) is 44.7 Å². The molecule has 112 valence electrons.